The third kappa shape index (κ3) is 4.53. The lowest BCUT2D eigenvalue weighted by Gasteiger charge is -2.15. The van der Waals surface area contributed by atoms with Crippen LogP contribution >= 0.6 is 34.5 Å². The Bertz CT molecular complexity index is 1390. The first-order valence-electron chi connectivity index (χ1n) is 9.04. The summed E-state index contributed by atoms with van der Waals surface area (Å²) in [5, 5.41) is 3.25. The molecule has 4 aromatic rings. The van der Waals surface area contributed by atoms with Crippen LogP contribution in [-0.4, -0.2) is 32.6 Å². The van der Waals surface area contributed by atoms with Gasteiger partial charge in [-0.2, -0.15) is 0 Å². The number of benzene rings is 2. The van der Waals surface area contributed by atoms with Crippen molar-refractivity contribution < 1.29 is 17.9 Å². The Morgan fingerprint density at radius 3 is 2.22 bits per heavy atom. The average molecular weight is 511 g/mol. The van der Waals surface area contributed by atoms with Crippen molar-refractivity contribution in [2.75, 3.05) is 24.3 Å². The van der Waals surface area contributed by atoms with Gasteiger partial charge in [-0.05, 0) is 30.3 Å². The van der Waals surface area contributed by atoms with Crippen LogP contribution in [0.3, 0.4) is 0 Å². The van der Waals surface area contributed by atoms with Gasteiger partial charge in [0.15, 0.2) is 11.6 Å². The maximum atomic E-state index is 13.0. The molecule has 12 heteroatoms. The summed E-state index contributed by atoms with van der Waals surface area (Å²) in [4.78, 5) is 9.02. The number of nitrogens with one attached hydrogen (secondary N) is 2. The van der Waals surface area contributed by atoms with Crippen LogP contribution in [0.4, 0.5) is 17.3 Å². The molecule has 166 valence electrons. The summed E-state index contributed by atoms with van der Waals surface area (Å²) >= 11 is 12.7. The average Bonchev–Trinajstić information content (AvgIpc) is 3.13. The predicted octanol–water partition coefficient (Wildman–Crippen LogP) is 5.56. The number of anilines is 3. The Hall–Kier alpha value is -2.79. The van der Waals surface area contributed by atoms with E-state index in [1.165, 1.54) is 20.3 Å². The highest BCUT2D eigenvalue weighted by molar-refractivity contribution is 7.94. The molecule has 0 radical (unpaired) electrons. The fourth-order valence-electron chi connectivity index (χ4n) is 2.83. The normalized spacial score (nSPS) is 11.4. The van der Waals surface area contributed by atoms with E-state index in [4.69, 9.17) is 32.7 Å². The molecule has 0 amide bonds. The Balaban J connectivity index is 1.81. The Morgan fingerprint density at radius 2 is 1.62 bits per heavy atom. The predicted molar refractivity (Wildman–Crippen MR) is 128 cm³/mol. The van der Waals surface area contributed by atoms with Gasteiger partial charge in [0, 0.05) is 6.07 Å². The zero-order valence-electron chi connectivity index (χ0n) is 16.7. The number of sulfonamides is 1. The van der Waals surface area contributed by atoms with Crippen molar-refractivity contribution in [2.45, 2.75) is 4.21 Å². The molecule has 8 nitrogen and oxygen atoms in total. The van der Waals surface area contributed by atoms with Gasteiger partial charge in [0.2, 0.25) is 0 Å². The lowest BCUT2D eigenvalue weighted by Crippen LogP contribution is -2.15. The zero-order chi connectivity index (χ0) is 22.9. The van der Waals surface area contributed by atoms with Crippen LogP contribution in [0.15, 0.2) is 52.7 Å². The minimum Gasteiger partial charge on any atom is -0.497 e. The summed E-state index contributed by atoms with van der Waals surface area (Å²) in [6.07, 6.45) is 0. The number of rotatable bonds is 7. The fraction of sp³-hybridized carbons (Fsp3) is 0.100. The molecule has 0 spiro atoms. The molecule has 4 rings (SSSR count). The van der Waals surface area contributed by atoms with Crippen LogP contribution in [0.2, 0.25) is 9.36 Å². The molecule has 2 aromatic carbocycles. The minimum absolute atomic E-state index is 0.00535. The number of para-hydroxylation sites is 2. The van der Waals surface area contributed by atoms with Crippen LogP contribution in [0.25, 0.3) is 11.0 Å². The van der Waals surface area contributed by atoms with Crippen LogP contribution in [0, 0.1) is 0 Å². The van der Waals surface area contributed by atoms with Gasteiger partial charge in [-0.1, -0.05) is 35.3 Å². The lowest BCUT2D eigenvalue weighted by molar-refractivity contribution is 0.405. The van der Waals surface area contributed by atoms with Gasteiger partial charge in [-0.25, -0.2) is 18.4 Å². The molecule has 2 aromatic heterocycles. The molecule has 0 aliphatic rings. The Kier molecular flexibility index (Phi) is 6.29. The van der Waals surface area contributed by atoms with Crippen molar-refractivity contribution in [3.05, 3.63) is 57.9 Å². The Morgan fingerprint density at radius 1 is 0.938 bits per heavy atom. The van der Waals surface area contributed by atoms with Gasteiger partial charge in [-0.15, -0.1) is 11.3 Å². The smallest absolute Gasteiger partial charge is 0.272 e. The van der Waals surface area contributed by atoms with Gasteiger partial charge in [-0.3, -0.25) is 4.72 Å². The molecule has 0 aliphatic carbocycles. The van der Waals surface area contributed by atoms with E-state index in [0.717, 1.165) is 11.3 Å². The van der Waals surface area contributed by atoms with Gasteiger partial charge < -0.3 is 14.8 Å². The monoisotopic (exact) mass is 510 g/mol. The van der Waals surface area contributed by atoms with E-state index in [9.17, 15) is 8.42 Å². The van der Waals surface area contributed by atoms with Crippen LogP contribution in [0.5, 0.6) is 11.5 Å². The van der Waals surface area contributed by atoms with Crippen molar-refractivity contribution in [1.82, 2.24) is 9.97 Å². The molecule has 0 saturated heterocycles. The van der Waals surface area contributed by atoms with Crippen LogP contribution < -0.4 is 19.5 Å². The number of thiophene rings is 1. The van der Waals surface area contributed by atoms with E-state index in [-0.39, 0.29) is 25.2 Å². The number of methoxy groups -OCH3 is 2. The van der Waals surface area contributed by atoms with Crippen LogP contribution in [0.1, 0.15) is 0 Å². The molecule has 0 fully saturated rings. The molecule has 0 saturated carbocycles. The zero-order valence-corrected chi connectivity index (χ0v) is 19.9. The SMILES string of the molecule is COc1ccc(OC)c(Nc2nc3ccccc3nc2NS(=O)(=O)c2cc(Cl)c(Cl)s2)c1. The molecular formula is C20H16Cl2N4O4S2. The topological polar surface area (TPSA) is 102 Å². The van der Waals surface area contributed by atoms with E-state index in [1.807, 2.05) is 6.07 Å². The second kappa shape index (κ2) is 8.99. The van der Waals surface area contributed by atoms with Crippen molar-refractivity contribution in [3.8, 4) is 11.5 Å². The summed E-state index contributed by atoms with van der Waals surface area (Å²) in [6.45, 7) is 0. The first kappa shape index (κ1) is 22.4. The van der Waals surface area contributed by atoms with E-state index in [1.54, 1.807) is 36.4 Å². The summed E-state index contributed by atoms with van der Waals surface area (Å²) in [5.41, 5.74) is 1.59. The lowest BCUT2D eigenvalue weighted by atomic mass is 10.2. The number of hydrogen-bond acceptors (Lipinski definition) is 8. The van der Waals surface area contributed by atoms with Crippen LogP contribution in [-0.2, 0) is 10.0 Å². The second-order valence-corrected chi connectivity index (χ2v) is 10.4. The second-order valence-electron chi connectivity index (χ2n) is 6.39. The molecule has 0 unspecified atom stereocenters. The maximum Gasteiger partial charge on any atom is 0.272 e. The number of aromatic nitrogens is 2. The number of hydrogen-bond donors (Lipinski definition) is 2. The highest BCUT2D eigenvalue weighted by atomic mass is 35.5. The van der Waals surface area contributed by atoms with E-state index in [2.05, 4.69) is 20.0 Å². The molecule has 0 atom stereocenters. The van der Waals surface area contributed by atoms with E-state index in [0.29, 0.717) is 28.2 Å². The minimum atomic E-state index is -4.03. The first-order chi connectivity index (χ1) is 15.3. The molecule has 2 heterocycles. The van der Waals surface area contributed by atoms with Crippen molar-refractivity contribution in [3.63, 3.8) is 0 Å². The maximum absolute atomic E-state index is 13.0. The first-order valence-corrected chi connectivity index (χ1v) is 12.1. The van der Waals surface area contributed by atoms with Gasteiger partial charge >= 0.3 is 0 Å². The van der Waals surface area contributed by atoms with Crippen molar-refractivity contribution >= 4 is 72.9 Å². The Labute approximate surface area is 198 Å². The molecule has 0 aliphatic heterocycles. The number of halogens is 2. The van der Waals surface area contributed by atoms with Gasteiger partial charge in [0.1, 0.15) is 20.0 Å². The largest absolute Gasteiger partial charge is 0.497 e. The molecular weight excluding hydrogens is 495 g/mol. The van der Waals surface area contributed by atoms with Gasteiger partial charge in [0.05, 0.1) is 36.0 Å². The fourth-order valence-corrected chi connectivity index (χ4v) is 5.72. The molecule has 32 heavy (non-hydrogen) atoms. The van der Waals surface area contributed by atoms with E-state index >= 15 is 0 Å². The highest BCUT2D eigenvalue weighted by Crippen LogP contribution is 2.37. The molecule has 0 bridgehead atoms. The third-order valence-corrected chi connectivity index (χ3v) is 8.03. The highest BCUT2D eigenvalue weighted by Gasteiger charge is 2.23. The standard InChI is InChI=1S/C20H16Cl2N4O4S2/c1-29-11-7-8-16(30-2)15(9-11)25-19-20(24-14-6-4-3-5-13(14)23-19)26-32(27,28)17-10-12(21)18(22)31-17/h3-10H,1-2H3,(H,23,25)(H,24,26). The quantitative estimate of drug-likeness (QED) is 0.335. The third-order valence-electron chi connectivity index (χ3n) is 4.35. The van der Waals surface area contributed by atoms with Crippen molar-refractivity contribution in [2.24, 2.45) is 0 Å². The number of fused-ring (bicyclic) bond motifs is 1. The van der Waals surface area contributed by atoms with E-state index < -0.39 is 10.0 Å². The number of nitrogens with zero attached hydrogens (tertiary/aromatic N) is 2. The van der Waals surface area contributed by atoms with Crippen molar-refractivity contribution in [1.29, 1.82) is 0 Å². The summed E-state index contributed by atoms with van der Waals surface area (Å²) < 4.78 is 39.2. The van der Waals surface area contributed by atoms with Gasteiger partial charge in [0.25, 0.3) is 10.0 Å². The summed E-state index contributed by atoms with van der Waals surface area (Å²) in [7, 11) is -0.965. The summed E-state index contributed by atoms with van der Waals surface area (Å²) in [6, 6.07) is 13.5. The summed E-state index contributed by atoms with van der Waals surface area (Å²) in [5.74, 6) is 1.25. The number of ether oxygens (including phenoxy) is 2. The molecule has 2 N–H and O–H groups in total.